The molecule has 0 spiro atoms. The molecule has 0 atom stereocenters. The smallest absolute Gasteiger partial charge is 0.121 e. The molecule has 5 aromatic carbocycles. The molecule has 3 heterocycles. The van der Waals surface area contributed by atoms with Crippen LogP contribution in [-0.4, -0.2) is 9.97 Å². The van der Waals surface area contributed by atoms with Crippen molar-refractivity contribution in [2.75, 3.05) is 0 Å². The molecule has 0 unspecified atom stereocenters. The molecular weight excluding hydrogens is 885 g/mol. The SMILES string of the molecule is [2H]C([2H])([2H])c1c[c-]c(-c2ccc(C([2H])([2H])C(C)(C)C)cn2)cc1-c1ccccc1.[2H]C([2H])([2H])c1ccc2c(c1)oc1c(-c3cc(-c4ccc(C([2H])([2H])C(C)(C)C)cc4C([2H])([2H])[2H])c(C([2H])([2H])[2H])cn3)[c-]ccc12.[Ir]. The Hall–Kier alpha value is -5.15. The molecule has 0 fully saturated rings. The first kappa shape index (κ1) is 26.1. The van der Waals surface area contributed by atoms with Crippen LogP contribution in [0, 0.1) is 50.4 Å². The molecule has 3 nitrogen and oxygen atoms in total. The molecule has 4 heteroatoms. The standard InChI is InChI=1S/C31H30NO.C23H24N.Ir/c1-19-10-12-24-25-8-7-9-26(30(25)33-29(24)14-19)28-16-27(21(3)18-32-28)23-13-11-22(15-20(23)2)17-31(4,5)6;1-17-10-12-20(14-21(17)19-8-6-5-7-9-19)22-13-11-18(16-24-22)15-23(2,3)4;/h7-8,10-16,18H,17H2,1-6H3;5-11,13-14,16H,15H2,1-4H3;/q2*-1;/i1D3,2D3,3D3,17D2;1D3,15D2;. The van der Waals surface area contributed by atoms with Gasteiger partial charge < -0.3 is 14.4 Å². The second-order valence-corrected chi connectivity index (χ2v) is 16.0. The topological polar surface area (TPSA) is 38.9 Å². The third kappa shape index (κ3) is 9.92. The van der Waals surface area contributed by atoms with E-state index in [1.807, 2.05) is 51.1 Å². The van der Waals surface area contributed by atoms with Gasteiger partial charge in [-0.1, -0.05) is 144 Å². The maximum absolute atomic E-state index is 8.69. The number of rotatable bonds is 6. The molecule has 8 aromatic rings. The number of pyridine rings is 2. The first-order valence-corrected chi connectivity index (χ1v) is 18.6. The van der Waals surface area contributed by atoms with Gasteiger partial charge >= 0.3 is 0 Å². The molecule has 0 aliphatic rings. The van der Waals surface area contributed by atoms with E-state index in [-0.39, 0.29) is 64.7 Å². The van der Waals surface area contributed by atoms with E-state index in [0.29, 0.717) is 49.9 Å². The average molecular weight is 955 g/mol. The Morgan fingerprint density at radius 1 is 0.621 bits per heavy atom. The van der Waals surface area contributed by atoms with Gasteiger partial charge in [-0.2, -0.15) is 0 Å². The van der Waals surface area contributed by atoms with Gasteiger partial charge in [-0.05, 0) is 106 Å². The number of fused-ring (bicyclic) bond motifs is 3. The van der Waals surface area contributed by atoms with Gasteiger partial charge in [0.1, 0.15) is 5.58 Å². The summed E-state index contributed by atoms with van der Waals surface area (Å²) in [6.45, 7) is 0.806. The fraction of sp³-hybridized carbons (Fsp3) is 0.259. The molecule has 297 valence electrons. The number of hydrogen-bond donors (Lipinski definition) is 0. The Morgan fingerprint density at radius 2 is 1.36 bits per heavy atom. The van der Waals surface area contributed by atoms with Gasteiger partial charge in [-0.15, -0.1) is 47.5 Å². The second-order valence-electron chi connectivity index (χ2n) is 16.0. The Bertz CT molecular complexity index is 3310. The van der Waals surface area contributed by atoms with E-state index in [1.54, 1.807) is 63.4 Å². The summed E-state index contributed by atoms with van der Waals surface area (Å²) in [5.41, 5.74) is 3.56. The van der Waals surface area contributed by atoms with Gasteiger partial charge in [0.25, 0.3) is 0 Å². The number of furan rings is 1. The van der Waals surface area contributed by atoms with Crippen LogP contribution in [0.5, 0.6) is 0 Å². The zero-order valence-corrected chi connectivity index (χ0v) is 35.6. The fourth-order valence-electron chi connectivity index (χ4n) is 6.59. The average Bonchev–Trinajstić information content (AvgIpc) is 3.68. The van der Waals surface area contributed by atoms with E-state index in [9.17, 15) is 0 Å². The van der Waals surface area contributed by atoms with E-state index in [4.69, 9.17) is 26.3 Å². The van der Waals surface area contributed by atoms with Gasteiger partial charge in [-0.25, -0.2) is 0 Å². The van der Waals surface area contributed by atoms with Crippen LogP contribution in [0.25, 0.3) is 66.7 Å². The van der Waals surface area contributed by atoms with Gasteiger partial charge in [-0.3, -0.25) is 0 Å². The third-order valence-electron chi connectivity index (χ3n) is 9.02. The summed E-state index contributed by atoms with van der Waals surface area (Å²) < 4.78 is 136. The molecule has 0 bridgehead atoms. The van der Waals surface area contributed by atoms with Gasteiger partial charge in [0.15, 0.2) is 0 Å². The molecule has 1 radical (unpaired) electrons. The van der Waals surface area contributed by atoms with Crippen LogP contribution in [0.4, 0.5) is 0 Å². The van der Waals surface area contributed by atoms with Crippen molar-refractivity contribution in [2.45, 2.75) is 81.7 Å². The molecule has 58 heavy (non-hydrogen) atoms. The van der Waals surface area contributed by atoms with Crippen LogP contribution in [0.1, 0.15) is 96.9 Å². The Kier molecular flexibility index (Phi) is 7.80. The summed E-state index contributed by atoms with van der Waals surface area (Å²) in [6.07, 6.45) is -0.671. The summed E-state index contributed by atoms with van der Waals surface area (Å²) in [6, 6.07) is 36.1. The van der Waals surface area contributed by atoms with E-state index < -0.39 is 51.0 Å². The van der Waals surface area contributed by atoms with Crippen molar-refractivity contribution in [1.82, 2.24) is 9.97 Å². The Morgan fingerprint density at radius 3 is 2.07 bits per heavy atom. The maximum atomic E-state index is 8.69. The summed E-state index contributed by atoms with van der Waals surface area (Å²) in [4.78, 5) is 8.86. The number of aryl methyl sites for hydroxylation is 4. The molecule has 3 aromatic heterocycles. The fourth-order valence-corrected chi connectivity index (χ4v) is 6.59. The first-order valence-electron chi connectivity index (χ1n) is 26.6. The molecule has 0 saturated heterocycles. The van der Waals surface area contributed by atoms with Crippen LogP contribution in [-0.2, 0) is 32.9 Å². The predicted octanol–water partition coefficient (Wildman–Crippen LogP) is 14.7. The minimum absolute atomic E-state index is 0. The van der Waals surface area contributed by atoms with Gasteiger partial charge in [0.05, 0.1) is 5.58 Å². The number of aromatic nitrogens is 2. The van der Waals surface area contributed by atoms with E-state index in [0.717, 1.165) is 5.56 Å². The monoisotopic (exact) mass is 955 g/mol. The first-order chi connectivity index (χ1) is 33.5. The largest absolute Gasteiger partial charge is 0.501 e. The summed E-state index contributed by atoms with van der Waals surface area (Å²) in [5, 5.41) is 1.35. The van der Waals surface area contributed by atoms with Crippen LogP contribution in [0.3, 0.4) is 0 Å². The van der Waals surface area contributed by atoms with Crippen LogP contribution < -0.4 is 0 Å². The number of hydrogen-bond acceptors (Lipinski definition) is 3. The van der Waals surface area contributed by atoms with E-state index >= 15 is 0 Å². The minimum Gasteiger partial charge on any atom is -0.501 e. The van der Waals surface area contributed by atoms with Crippen molar-refractivity contribution in [1.29, 1.82) is 0 Å². The second kappa shape index (κ2) is 17.4. The van der Waals surface area contributed by atoms with Crippen molar-refractivity contribution in [3.05, 3.63) is 167 Å². The van der Waals surface area contributed by atoms with Crippen LogP contribution in [0.15, 0.2) is 126 Å². The minimum atomic E-state index is -2.69. The van der Waals surface area contributed by atoms with Crippen LogP contribution >= 0.6 is 0 Å². The maximum Gasteiger partial charge on any atom is 0.121 e. The molecule has 0 saturated carbocycles. The van der Waals surface area contributed by atoms with E-state index in [2.05, 4.69) is 22.1 Å². The zero-order valence-electron chi connectivity index (χ0n) is 49.2. The summed E-state index contributed by atoms with van der Waals surface area (Å²) in [7, 11) is 0. The number of nitrogens with zero attached hydrogens (tertiary/aromatic N) is 2. The normalized spacial score (nSPS) is 17.1. The van der Waals surface area contributed by atoms with Gasteiger partial charge in [0, 0.05) is 59.8 Å². The molecular formula is C54H54IrN2O-2. The van der Waals surface area contributed by atoms with Crippen molar-refractivity contribution < 1.29 is 46.5 Å². The summed E-state index contributed by atoms with van der Waals surface area (Å²) in [5.74, 6) is 0. The van der Waals surface area contributed by atoms with Crippen molar-refractivity contribution in [3.63, 3.8) is 0 Å². The zero-order chi connectivity index (χ0) is 54.1. The Labute approximate surface area is 381 Å². The van der Waals surface area contributed by atoms with Gasteiger partial charge in [0.2, 0.25) is 0 Å². The van der Waals surface area contributed by atoms with Crippen molar-refractivity contribution >= 4 is 21.9 Å². The molecule has 0 aliphatic carbocycles. The molecule has 8 rings (SSSR count). The van der Waals surface area contributed by atoms with Crippen molar-refractivity contribution in [2.24, 2.45) is 10.8 Å². The third-order valence-corrected chi connectivity index (χ3v) is 9.02. The molecule has 0 aliphatic heterocycles. The van der Waals surface area contributed by atoms with Crippen molar-refractivity contribution in [3.8, 4) is 44.8 Å². The summed E-state index contributed by atoms with van der Waals surface area (Å²) >= 11 is 0. The molecule has 0 N–H and O–H groups in total. The van der Waals surface area contributed by atoms with E-state index in [1.165, 1.54) is 48.7 Å². The quantitative estimate of drug-likeness (QED) is 0.156. The molecule has 0 amide bonds. The number of benzene rings is 5. The van der Waals surface area contributed by atoms with Crippen LogP contribution in [0.2, 0.25) is 0 Å². The predicted molar refractivity (Wildman–Crippen MR) is 240 cm³/mol. The Balaban J connectivity index is 0.000000258.